The van der Waals surface area contributed by atoms with Crippen LogP contribution in [-0.2, 0) is 20.0 Å². The van der Waals surface area contributed by atoms with E-state index in [-0.39, 0.29) is 13.1 Å². The first-order valence-electron chi connectivity index (χ1n) is 3.50. The lowest BCUT2D eigenvalue weighted by Crippen LogP contribution is -2.26. The average Bonchev–Trinajstić information content (AvgIpc) is 2.28. The predicted molar refractivity (Wildman–Crippen MR) is 47.6 cm³/mol. The summed E-state index contributed by atoms with van der Waals surface area (Å²) in [5.74, 6) is 0. The first-order chi connectivity index (χ1) is 5.71. The van der Waals surface area contributed by atoms with Crippen LogP contribution in [0.25, 0.3) is 0 Å². The van der Waals surface area contributed by atoms with Crippen LogP contribution in [0.5, 0.6) is 0 Å². The Morgan fingerprint density at radius 3 is 2.00 bits per heavy atom. The predicted octanol–water partition coefficient (Wildman–Crippen LogP) is -1.74. The van der Waals surface area contributed by atoms with Gasteiger partial charge in [-0.15, -0.1) is 0 Å². The Balaban J connectivity index is 3.01. The van der Waals surface area contributed by atoms with Crippen LogP contribution in [-0.4, -0.2) is 57.1 Å². The molecule has 0 spiro atoms. The monoisotopic (exact) mass is 227 g/mol. The van der Waals surface area contributed by atoms with Crippen molar-refractivity contribution in [3.8, 4) is 0 Å². The van der Waals surface area contributed by atoms with Gasteiger partial charge in [0.15, 0.2) is 0 Å². The van der Waals surface area contributed by atoms with Crippen LogP contribution in [0.15, 0.2) is 0 Å². The molecule has 76 valence electrons. The van der Waals surface area contributed by atoms with Gasteiger partial charge in [-0.05, 0) is 0 Å². The zero-order valence-electron chi connectivity index (χ0n) is 7.34. The quantitative estimate of drug-likeness (QED) is 0.525. The zero-order valence-corrected chi connectivity index (χ0v) is 8.97. The van der Waals surface area contributed by atoms with Crippen LogP contribution >= 0.6 is 0 Å². The van der Waals surface area contributed by atoms with E-state index in [1.807, 2.05) is 0 Å². The topological polar surface area (TPSA) is 74.5 Å². The maximum atomic E-state index is 11.0. The van der Waals surface area contributed by atoms with Gasteiger partial charge < -0.3 is 0 Å². The van der Waals surface area contributed by atoms with Crippen LogP contribution in [0.3, 0.4) is 0 Å². The summed E-state index contributed by atoms with van der Waals surface area (Å²) >= 11 is 0. The van der Waals surface area contributed by atoms with E-state index >= 15 is 0 Å². The lowest BCUT2D eigenvalue weighted by molar-refractivity contribution is -0.346. The SMILES string of the molecule is CS(=O)(=O)N1C=[N+](S(C)(=O)=O)CC1. The van der Waals surface area contributed by atoms with Gasteiger partial charge in [0.2, 0.25) is 0 Å². The van der Waals surface area contributed by atoms with Crippen molar-refractivity contribution in [2.24, 2.45) is 0 Å². The van der Waals surface area contributed by atoms with E-state index in [9.17, 15) is 16.8 Å². The number of rotatable bonds is 2. The van der Waals surface area contributed by atoms with Crippen molar-refractivity contribution in [1.29, 1.82) is 0 Å². The van der Waals surface area contributed by atoms with E-state index in [1.54, 1.807) is 0 Å². The van der Waals surface area contributed by atoms with Crippen LogP contribution in [0, 0.1) is 0 Å². The highest BCUT2D eigenvalue weighted by atomic mass is 32.2. The van der Waals surface area contributed by atoms with E-state index in [0.29, 0.717) is 0 Å². The van der Waals surface area contributed by atoms with Crippen molar-refractivity contribution < 1.29 is 20.8 Å². The van der Waals surface area contributed by atoms with Gasteiger partial charge in [0, 0.05) is 0 Å². The van der Waals surface area contributed by atoms with Crippen molar-refractivity contribution >= 4 is 26.4 Å². The summed E-state index contributed by atoms with van der Waals surface area (Å²) in [6.07, 6.45) is 3.18. The molecule has 0 amide bonds. The molecule has 13 heavy (non-hydrogen) atoms. The van der Waals surface area contributed by atoms with E-state index in [0.717, 1.165) is 27.1 Å². The third-order valence-electron chi connectivity index (χ3n) is 1.65. The van der Waals surface area contributed by atoms with Gasteiger partial charge in [-0.1, -0.05) is 0 Å². The van der Waals surface area contributed by atoms with Gasteiger partial charge in [-0.25, -0.2) is 0 Å². The molecule has 0 radical (unpaired) electrons. The highest BCUT2D eigenvalue weighted by molar-refractivity contribution is 7.89. The Bertz CT molecular complexity index is 433. The number of nitrogens with zero attached hydrogens (tertiary/aromatic N) is 2. The molecule has 0 aliphatic carbocycles. The molecule has 0 saturated carbocycles. The van der Waals surface area contributed by atoms with Crippen LogP contribution in [0.4, 0.5) is 0 Å². The van der Waals surface area contributed by atoms with Crippen molar-refractivity contribution in [3.05, 3.63) is 0 Å². The molecule has 6 nitrogen and oxygen atoms in total. The summed E-state index contributed by atoms with van der Waals surface area (Å²) in [6, 6.07) is 0. The van der Waals surface area contributed by atoms with Gasteiger partial charge in [-0.2, -0.15) is 25.1 Å². The van der Waals surface area contributed by atoms with Gasteiger partial charge in [-0.3, -0.25) is 0 Å². The second-order valence-electron chi connectivity index (χ2n) is 2.86. The molecule has 8 heteroatoms. The summed E-state index contributed by atoms with van der Waals surface area (Å²) < 4.78 is 45.9. The lowest BCUT2D eigenvalue weighted by Gasteiger charge is -1.99. The van der Waals surface area contributed by atoms with Gasteiger partial charge in [0.1, 0.15) is 13.1 Å². The smallest absolute Gasteiger partial charge is 0.184 e. The van der Waals surface area contributed by atoms with Crippen LogP contribution < -0.4 is 0 Å². The number of hydrogen-bond acceptors (Lipinski definition) is 4. The summed E-state index contributed by atoms with van der Waals surface area (Å²) in [6.45, 7) is 0.373. The van der Waals surface area contributed by atoms with Gasteiger partial charge in [0.25, 0.3) is 26.4 Å². The van der Waals surface area contributed by atoms with Crippen molar-refractivity contribution in [1.82, 2.24) is 4.31 Å². The van der Waals surface area contributed by atoms with Gasteiger partial charge in [0.05, 0.1) is 12.5 Å². The number of hydrogen-bond donors (Lipinski definition) is 0. The first-order valence-corrected chi connectivity index (χ1v) is 7.19. The fourth-order valence-corrected chi connectivity index (χ4v) is 2.42. The van der Waals surface area contributed by atoms with Gasteiger partial charge >= 0.3 is 0 Å². The molecular formula is C5H11N2O4S2+. The maximum Gasteiger partial charge on any atom is 0.297 e. The fraction of sp³-hybridized carbons (Fsp3) is 0.800. The normalized spacial score (nSPS) is 18.9. The zero-order chi connectivity index (χ0) is 10.3. The molecule has 1 rings (SSSR count). The third-order valence-corrected chi connectivity index (χ3v) is 3.91. The Hall–Kier alpha value is -0.630. The van der Waals surface area contributed by atoms with E-state index in [4.69, 9.17) is 0 Å². The highest BCUT2D eigenvalue weighted by Gasteiger charge is 2.31. The first kappa shape index (κ1) is 10.5. The Morgan fingerprint density at radius 2 is 1.77 bits per heavy atom. The molecule has 0 saturated heterocycles. The maximum absolute atomic E-state index is 11.0. The minimum atomic E-state index is -3.32. The molecule has 0 N–H and O–H groups in total. The molecule has 0 atom stereocenters. The molecule has 0 aromatic rings. The molecule has 0 aromatic heterocycles. The molecule has 1 aliphatic heterocycles. The summed E-state index contributed by atoms with van der Waals surface area (Å²) in [4.78, 5) is 0. The second-order valence-corrected chi connectivity index (χ2v) is 6.73. The Labute approximate surface area is 77.6 Å². The summed E-state index contributed by atoms with van der Waals surface area (Å²) in [7, 11) is -6.65. The van der Waals surface area contributed by atoms with Crippen molar-refractivity contribution in [3.63, 3.8) is 0 Å². The van der Waals surface area contributed by atoms with Crippen molar-refractivity contribution in [2.45, 2.75) is 0 Å². The number of sulfonamides is 2. The molecule has 0 bridgehead atoms. The standard InChI is InChI=1S/C5H11N2O4S2/c1-12(8,9)6-3-4-7(5-6)13(2,10)11/h5H,3-4H2,1-2H3/q+1. The third kappa shape index (κ3) is 2.41. The average molecular weight is 227 g/mol. The summed E-state index contributed by atoms with van der Waals surface area (Å²) in [5, 5.41) is 0. The molecule has 1 aliphatic rings. The summed E-state index contributed by atoms with van der Waals surface area (Å²) in [5.41, 5.74) is 0. The molecule has 0 unspecified atom stereocenters. The second kappa shape index (κ2) is 2.95. The Kier molecular flexibility index (Phi) is 2.37. The Morgan fingerprint density at radius 1 is 1.23 bits per heavy atom. The van der Waals surface area contributed by atoms with Crippen LogP contribution in [0.2, 0.25) is 0 Å². The van der Waals surface area contributed by atoms with E-state index < -0.39 is 20.0 Å². The largest absolute Gasteiger partial charge is 0.297 e. The van der Waals surface area contributed by atoms with Crippen molar-refractivity contribution in [2.75, 3.05) is 25.6 Å². The molecular weight excluding hydrogens is 216 g/mol. The highest BCUT2D eigenvalue weighted by Crippen LogP contribution is 2.02. The minimum Gasteiger partial charge on any atom is -0.184 e. The molecule has 1 heterocycles. The van der Waals surface area contributed by atoms with E-state index in [1.165, 1.54) is 0 Å². The molecule has 0 fully saturated rings. The fourth-order valence-electron chi connectivity index (χ4n) is 0.959. The molecule has 0 aromatic carbocycles. The minimum absolute atomic E-state index is 0.186. The lowest BCUT2D eigenvalue weighted by atomic mass is 10.7. The van der Waals surface area contributed by atoms with Crippen LogP contribution in [0.1, 0.15) is 0 Å². The van der Waals surface area contributed by atoms with E-state index in [2.05, 4.69) is 0 Å².